The average Bonchev–Trinajstić information content (AvgIpc) is 2.54. The number of benzene rings is 1. The van der Waals surface area contributed by atoms with Crippen molar-refractivity contribution in [3.63, 3.8) is 0 Å². The number of hydrogen-bond acceptors (Lipinski definition) is 5. The maximum absolute atomic E-state index is 12.3. The first-order chi connectivity index (χ1) is 10.8. The summed E-state index contributed by atoms with van der Waals surface area (Å²) in [6.07, 6.45) is 0. The zero-order valence-corrected chi connectivity index (χ0v) is 13.7. The molecule has 8 heteroatoms. The standard InChI is InChI=1S/C15H19N3O5/c1-9-13(18(20)21)14(17(3)15(19)16(9)2)10-6-7-11(22-4)12(8-10)23-5/h6-8,14H,1-5H3/t14-/m0/s1. The first kappa shape index (κ1) is 16.6. The molecule has 23 heavy (non-hydrogen) atoms. The number of amides is 2. The van der Waals surface area contributed by atoms with E-state index in [1.165, 1.54) is 38.1 Å². The number of carbonyl (C=O) groups excluding carboxylic acids is 1. The molecule has 1 aromatic carbocycles. The van der Waals surface area contributed by atoms with Gasteiger partial charge in [0.1, 0.15) is 0 Å². The molecule has 1 heterocycles. The summed E-state index contributed by atoms with van der Waals surface area (Å²) in [6.45, 7) is 1.57. The van der Waals surface area contributed by atoms with E-state index in [1.54, 1.807) is 25.1 Å². The summed E-state index contributed by atoms with van der Waals surface area (Å²) in [5.41, 5.74) is 0.859. The number of nitrogens with zero attached hydrogens (tertiary/aromatic N) is 3. The average molecular weight is 321 g/mol. The molecule has 0 fully saturated rings. The van der Waals surface area contributed by atoms with E-state index in [-0.39, 0.29) is 11.7 Å². The number of methoxy groups -OCH3 is 2. The molecular formula is C15H19N3O5. The molecule has 1 aromatic rings. The largest absolute Gasteiger partial charge is 0.493 e. The van der Waals surface area contributed by atoms with E-state index in [1.807, 2.05) is 0 Å². The second-order valence-electron chi connectivity index (χ2n) is 5.20. The van der Waals surface area contributed by atoms with E-state index in [4.69, 9.17) is 9.47 Å². The molecule has 2 rings (SSSR count). The number of likely N-dealkylation sites (N-methyl/N-ethyl adjacent to an activating group) is 1. The molecular weight excluding hydrogens is 302 g/mol. The summed E-state index contributed by atoms with van der Waals surface area (Å²) in [5, 5.41) is 11.6. The van der Waals surface area contributed by atoms with Crippen LogP contribution in [-0.2, 0) is 0 Å². The second-order valence-corrected chi connectivity index (χ2v) is 5.20. The van der Waals surface area contributed by atoms with Gasteiger partial charge in [0.05, 0.1) is 24.8 Å². The van der Waals surface area contributed by atoms with Gasteiger partial charge >= 0.3 is 6.03 Å². The lowest BCUT2D eigenvalue weighted by Crippen LogP contribution is -2.47. The van der Waals surface area contributed by atoms with Gasteiger partial charge in [-0.05, 0) is 24.6 Å². The molecule has 0 saturated carbocycles. The van der Waals surface area contributed by atoms with Crippen molar-refractivity contribution in [2.75, 3.05) is 28.3 Å². The Morgan fingerprint density at radius 1 is 1.17 bits per heavy atom. The number of carbonyl (C=O) groups is 1. The van der Waals surface area contributed by atoms with E-state index in [9.17, 15) is 14.9 Å². The van der Waals surface area contributed by atoms with Gasteiger partial charge in [-0.15, -0.1) is 0 Å². The normalized spacial score (nSPS) is 18.3. The van der Waals surface area contributed by atoms with Crippen molar-refractivity contribution in [3.05, 3.63) is 45.3 Å². The zero-order valence-electron chi connectivity index (χ0n) is 13.7. The van der Waals surface area contributed by atoms with Crippen molar-refractivity contribution in [3.8, 4) is 11.5 Å². The van der Waals surface area contributed by atoms with E-state index in [2.05, 4.69) is 0 Å². The van der Waals surface area contributed by atoms with Crippen molar-refractivity contribution in [2.45, 2.75) is 13.0 Å². The fourth-order valence-corrected chi connectivity index (χ4v) is 2.68. The van der Waals surface area contributed by atoms with Crippen molar-refractivity contribution in [2.24, 2.45) is 0 Å². The monoisotopic (exact) mass is 321 g/mol. The Labute approximate surface area is 134 Å². The number of allylic oxidation sites excluding steroid dienone is 1. The molecule has 0 N–H and O–H groups in total. The van der Waals surface area contributed by atoms with Gasteiger partial charge in [0.15, 0.2) is 17.5 Å². The van der Waals surface area contributed by atoms with Gasteiger partial charge < -0.3 is 14.4 Å². The highest BCUT2D eigenvalue weighted by molar-refractivity contribution is 5.78. The number of rotatable bonds is 4. The predicted octanol–water partition coefficient (Wildman–Crippen LogP) is 2.25. The van der Waals surface area contributed by atoms with Gasteiger partial charge in [-0.1, -0.05) is 6.07 Å². The third-order valence-electron chi connectivity index (χ3n) is 4.03. The third kappa shape index (κ3) is 2.67. The molecule has 0 spiro atoms. The summed E-state index contributed by atoms with van der Waals surface area (Å²) >= 11 is 0. The lowest BCUT2D eigenvalue weighted by molar-refractivity contribution is -0.436. The number of hydrogen-bond donors (Lipinski definition) is 0. The summed E-state index contributed by atoms with van der Waals surface area (Å²) < 4.78 is 10.4. The molecule has 0 bridgehead atoms. The van der Waals surface area contributed by atoms with Crippen LogP contribution in [0, 0.1) is 10.1 Å². The summed E-state index contributed by atoms with van der Waals surface area (Å²) in [7, 11) is 6.05. The number of urea groups is 1. The third-order valence-corrected chi connectivity index (χ3v) is 4.03. The first-order valence-electron chi connectivity index (χ1n) is 6.91. The van der Waals surface area contributed by atoms with Crippen LogP contribution < -0.4 is 9.47 Å². The van der Waals surface area contributed by atoms with Crippen LogP contribution in [-0.4, -0.2) is 49.1 Å². The van der Waals surface area contributed by atoms with Gasteiger partial charge in [-0.25, -0.2) is 4.79 Å². The SMILES string of the molecule is COc1ccc([C@H]2C([N+](=O)[O-])=C(C)N(C)C(=O)N2C)cc1OC. The Hall–Kier alpha value is -2.77. The van der Waals surface area contributed by atoms with Crippen LogP contribution in [0.1, 0.15) is 18.5 Å². The van der Waals surface area contributed by atoms with Crippen LogP contribution in [0.2, 0.25) is 0 Å². The van der Waals surface area contributed by atoms with Gasteiger partial charge in [-0.2, -0.15) is 0 Å². The molecule has 0 unspecified atom stereocenters. The highest BCUT2D eigenvalue weighted by atomic mass is 16.6. The van der Waals surface area contributed by atoms with E-state index in [0.29, 0.717) is 22.8 Å². The molecule has 0 aromatic heterocycles. The van der Waals surface area contributed by atoms with E-state index >= 15 is 0 Å². The summed E-state index contributed by atoms with van der Waals surface area (Å²) in [6, 6.07) is 3.90. The molecule has 0 aliphatic carbocycles. The van der Waals surface area contributed by atoms with Gasteiger partial charge in [-0.3, -0.25) is 15.0 Å². The smallest absolute Gasteiger partial charge is 0.324 e. The predicted molar refractivity (Wildman–Crippen MR) is 82.9 cm³/mol. The first-order valence-corrected chi connectivity index (χ1v) is 6.91. The number of nitro groups is 1. The highest BCUT2D eigenvalue weighted by Gasteiger charge is 2.42. The fraction of sp³-hybridized carbons (Fsp3) is 0.400. The van der Waals surface area contributed by atoms with E-state index in [0.717, 1.165) is 0 Å². The summed E-state index contributed by atoms with van der Waals surface area (Å²) in [5.74, 6) is 0.964. The molecule has 0 radical (unpaired) electrons. The van der Waals surface area contributed by atoms with Gasteiger partial charge in [0.2, 0.25) is 0 Å². The maximum atomic E-state index is 12.3. The lowest BCUT2D eigenvalue weighted by atomic mass is 9.98. The Kier molecular flexibility index (Phi) is 4.44. The van der Waals surface area contributed by atoms with Crippen LogP contribution in [0.15, 0.2) is 29.6 Å². The minimum Gasteiger partial charge on any atom is -0.493 e. The Morgan fingerprint density at radius 2 is 1.78 bits per heavy atom. The fourth-order valence-electron chi connectivity index (χ4n) is 2.68. The minimum atomic E-state index is -0.798. The molecule has 0 saturated heterocycles. The van der Waals surface area contributed by atoms with Crippen LogP contribution in [0.3, 0.4) is 0 Å². The van der Waals surface area contributed by atoms with Crippen LogP contribution in [0.5, 0.6) is 11.5 Å². The Morgan fingerprint density at radius 3 is 2.30 bits per heavy atom. The highest BCUT2D eigenvalue weighted by Crippen LogP contribution is 2.38. The van der Waals surface area contributed by atoms with Crippen LogP contribution >= 0.6 is 0 Å². The Bertz CT molecular complexity index is 686. The van der Waals surface area contributed by atoms with Crippen LogP contribution in [0.25, 0.3) is 0 Å². The molecule has 1 aliphatic rings. The van der Waals surface area contributed by atoms with E-state index < -0.39 is 11.0 Å². The number of ether oxygens (including phenoxy) is 2. The topological polar surface area (TPSA) is 85.2 Å². The Balaban J connectivity index is 2.63. The van der Waals surface area contributed by atoms with Crippen molar-refractivity contribution in [1.82, 2.24) is 9.80 Å². The lowest BCUT2D eigenvalue weighted by Gasteiger charge is -2.36. The maximum Gasteiger partial charge on any atom is 0.324 e. The zero-order chi connectivity index (χ0) is 17.3. The molecule has 1 atom stereocenters. The van der Waals surface area contributed by atoms with Crippen molar-refractivity contribution in [1.29, 1.82) is 0 Å². The van der Waals surface area contributed by atoms with Gasteiger partial charge in [0.25, 0.3) is 5.70 Å². The molecule has 124 valence electrons. The van der Waals surface area contributed by atoms with Crippen molar-refractivity contribution < 1.29 is 19.2 Å². The van der Waals surface area contributed by atoms with Crippen LogP contribution in [0.4, 0.5) is 4.79 Å². The molecule has 8 nitrogen and oxygen atoms in total. The molecule has 1 aliphatic heterocycles. The minimum absolute atomic E-state index is 0.0400. The quantitative estimate of drug-likeness (QED) is 0.627. The summed E-state index contributed by atoms with van der Waals surface area (Å²) in [4.78, 5) is 26.0. The van der Waals surface area contributed by atoms with Gasteiger partial charge in [0, 0.05) is 14.1 Å². The second kappa shape index (κ2) is 6.15. The van der Waals surface area contributed by atoms with Crippen molar-refractivity contribution >= 4 is 6.03 Å². The molecule has 2 amide bonds.